The molecular formula is C17H12F4N5+. The number of aliphatic imine (C=N–C) groups is 1. The molecule has 2 aliphatic heterocycles. The normalized spacial score (nSPS) is 19.1. The molecule has 1 aromatic carbocycles. The van der Waals surface area contributed by atoms with Crippen LogP contribution in [0, 0.1) is 5.82 Å². The number of benzene rings is 1. The maximum atomic E-state index is 14.0. The molecule has 0 spiro atoms. The molecule has 4 rings (SSSR count). The number of halogens is 4. The Labute approximate surface area is 145 Å². The van der Waals surface area contributed by atoms with Crippen molar-refractivity contribution < 1.29 is 22.1 Å². The van der Waals surface area contributed by atoms with Crippen molar-refractivity contribution in [3.05, 3.63) is 71.7 Å². The molecular weight excluding hydrogens is 350 g/mol. The molecule has 1 N–H and O–H groups in total. The highest BCUT2D eigenvalue weighted by Gasteiger charge is 2.42. The molecule has 1 unspecified atom stereocenters. The lowest BCUT2D eigenvalue weighted by Gasteiger charge is -2.09. The number of aromatic nitrogens is 3. The number of amidine groups is 1. The minimum Gasteiger partial charge on any atom is -0.256 e. The van der Waals surface area contributed by atoms with Crippen LogP contribution < -0.4 is 0 Å². The zero-order valence-electron chi connectivity index (χ0n) is 13.2. The highest BCUT2D eigenvalue weighted by Crippen LogP contribution is 2.26. The number of fused-ring (bicyclic) bond motifs is 1. The molecule has 0 bridgehead atoms. The first-order valence-corrected chi connectivity index (χ1v) is 7.74. The van der Waals surface area contributed by atoms with Crippen LogP contribution in [0.5, 0.6) is 0 Å². The van der Waals surface area contributed by atoms with E-state index in [-0.39, 0.29) is 18.1 Å². The van der Waals surface area contributed by atoms with E-state index in [2.05, 4.69) is 20.2 Å². The number of hydrogen-bond donors (Lipinski definition) is 1. The smallest absolute Gasteiger partial charge is 0.256 e. The van der Waals surface area contributed by atoms with E-state index < -0.39 is 18.0 Å². The van der Waals surface area contributed by atoms with Gasteiger partial charge in [0.25, 0.3) is 5.82 Å². The van der Waals surface area contributed by atoms with Crippen LogP contribution in [-0.4, -0.2) is 37.3 Å². The summed E-state index contributed by atoms with van der Waals surface area (Å²) in [5.41, 5.74) is 0.752. The van der Waals surface area contributed by atoms with Gasteiger partial charge in [-0.05, 0) is 23.2 Å². The van der Waals surface area contributed by atoms with Gasteiger partial charge in [-0.2, -0.15) is 18.2 Å². The number of H-pyrrole nitrogens is 1. The second-order valence-electron chi connectivity index (χ2n) is 5.77. The first-order chi connectivity index (χ1) is 12.4. The van der Waals surface area contributed by atoms with Crippen LogP contribution in [0.2, 0.25) is 0 Å². The molecule has 9 heteroatoms. The van der Waals surface area contributed by atoms with Gasteiger partial charge in [-0.25, -0.2) is 8.97 Å². The van der Waals surface area contributed by atoms with Gasteiger partial charge >= 0.3 is 12.0 Å². The summed E-state index contributed by atoms with van der Waals surface area (Å²) in [6, 6.07) is 5.88. The van der Waals surface area contributed by atoms with Crippen LogP contribution in [0.4, 0.5) is 17.6 Å². The molecule has 0 radical (unpaired) electrons. The fourth-order valence-corrected chi connectivity index (χ4v) is 2.87. The first-order valence-electron chi connectivity index (χ1n) is 7.74. The van der Waals surface area contributed by atoms with Crippen molar-refractivity contribution in [3.63, 3.8) is 0 Å². The molecule has 0 saturated carbocycles. The lowest BCUT2D eigenvalue weighted by atomic mass is 10.1. The number of allylic oxidation sites excluding steroid dienone is 2. The minimum absolute atomic E-state index is 0.0594. The molecule has 26 heavy (non-hydrogen) atoms. The van der Waals surface area contributed by atoms with E-state index in [1.54, 1.807) is 47.2 Å². The molecule has 1 atom stereocenters. The number of nitrogens with one attached hydrogen (secondary N) is 1. The number of nitrogens with zero attached hydrogens (tertiary/aromatic N) is 4. The predicted octanol–water partition coefficient (Wildman–Crippen LogP) is 2.87. The molecule has 0 amide bonds. The second kappa shape index (κ2) is 6.01. The maximum absolute atomic E-state index is 14.0. The summed E-state index contributed by atoms with van der Waals surface area (Å²) >= 11 is 0. The highest BCUT2D eigenvalue weighted by molar-refractivity contribution is 6.11. The van der Waals surface area contributed by atoms with Crippen molar-refractivity contribution in [1.29, 1.82) is 0 Å². The van der Waals surface area contributed by atoms with E-state index in [1.165, 1.54) is 6.07 Å². The summed E-state index contributed by atoms with van der Waals surface area (Å²) < 4.78 is 54.0. The van der Waals surface area contributed by atoms with Gasteiger partial charge in [0, 0.05) is 5.56 Å². The number of aromatic amines is 1. The summed E-state index contributed by atoms with van der Waals surface area (Å²) in [6.07, 6.45) is 2.63. The van der Waals surface area contributed by atoms with Gasteiger partial charge in [0.1, 0.15) is 5.82 Å². The highest BCUT2D eigenvalue weighted by atomic mass is 19.4. The average molecular weight is 362 g/mol. The SMILES string of the molecule is Fc1ccccc1CC1=[N+]2C=CC=CC2C(c2nc(C(F)(F)F)n[nH]2)=N1. The zero-order valence-corrected chi connectivity index (χ0v) is 13.2. The topological polar surface area (TPSA) is 56.9 Å². The molecule has 132 valence electrons. The lowest BCUT2D eigenvalue weighted by Crippen LogP contribution is -2.29. The van der Waals surface area contributed by atoms with Gasteiger partial charge < -0.3 is 0 Å². The summed E-state index contributed by atoms with van der Waals surface area (Å²) in [4.78, 5) is 7.94. The quantitative estimate of drug-likeness (QED) is 0.674. The van der Waals surface area contributed by atoms with Gasteiger partial charge in [0.15, 0.2) is 6.04 Å². The molecule has 0 aliphatic carbocycles. The van der Waals surface area contributed by atoms with Crippen molar-refractivity contribution >= 4 is 11.5 Å². The summed E-state index contributed by atoms with van der Waals surface area (Å²) in [5.74, 6) is -1.16. The van der Waals surface area contributed by atoms with Gasteiger partial charge in [0.2, 0.25) is 11.5 Å². The van der Waals surface area contributed by atoms with Crippen molar-refractivity contribution in [2.45, 2.75) is 18.6 Å². The van der Waals surface area contributed by atoms with E-state index in [0.29, 0.717) is 17.1 Å². The van der Waals surface area contributed by atoms with Crippen LogP contribution in [0.25, 0.3) is 0 Å². The Kier molecular flexibility index (Phi) is 3.78. The van der Waals surface area contributed by atoms with Gasteiger partial charge in [-0.1, -0.05) is 24.3 Å². The van der Waals surface area contributed by atoms with Crippen LogP contribution in [0.1, 0.15) is 17.2 Å². The molecule has 1 aromatic heterocycles. The van der Waals surface area contributed by atoms with Gasteiger partial charge in [0.05, 0.1) is 12.6 Å². The Morgan fingerprint density at radius 2 is 1.96 bits per heavy atom. The molecule has 5 nitrogen and oxygen atoms in total. The fraction of sp³-hybridized carbons (Fsp3) is 0.176. The zero-order chi connectivity index (χ0) is 18.3. The van der Waals surface area contributed by atoms with Crippen LogP contribution >= 0.6 is 0 Å². The largest absolute Gasteiger partial charge is 0.453 e. The minimum atomic E-state index is -4.64. The van der Waals surface area contributed by atoms with Gasteiger partial charge in [-0.3, -0.25) is 5.10 Å². The molecule has 3 heterocycles. The van der Waals surface area contributed by atoms with Crippen molar-refractivity contribution in [3.8, 4) is 0 Å². The second-order valence-corrected chi connectivity index (χ2v) is 5.77. The molecule has 2 aliphatic rings. The lowest BCUT2D eigenvalue weighted by molar-refractivity contribution is -0.466. The van der Waals surface area contributed by atoms with Crippen LogP contribution in [-0.2, 0) is 12.6 Å². The van der Waals surface area contributed by atoms with Crippen molar-refractivity contribution in [1.82, 2.24) is 15.2 Å². The number of rotatable bonds is 3. The summed E-state index contributed by atoms with van der Waals surface area (Å²) in [6.45, 7) is 0. The van der Waals surface area contributed by atoms with E-state index in [1.807, 2.05) is 0 Å². The third-order valence-electron chi connectivity index (χ3n) is 4.07. The molecule has 2 aromatic rings. The van der Waals surface area contributed by atoms with E-state index >= 15 is 0 Å². The van der Waals surface area contributed by atoms with Crippen LogP contribution in [0.3, 0.4) is 0 Å². The third kappa shape index (κ3) is 2.85. The van der Waals surface area contributed by atoms with Crippen molar-refractivity contribution in [2.75, 3.05) is 0 Å². The Morgan fingerprint density at radius 1 is 1.15 bits per heavy atom. The van der Waals surface area contributed by atoms with Gasteiger partial charge in [-0.15, -0.1) is 5.10 Å². The van der Waals surface area contributed by atoms with Crippen molar-refractivity contribution in [2.24, 2.45) is 4.99 Å². The molecule has 0 saturated heterocycles. The average Bonchev–Trinajstić information content (AvgIpc) is 3.22. The molecule has 0 fully saturated rings. The number of alkyl halides is 3. The Balaban J connectivity index is 1.71. The van der Waals surface area contributed by atoms with E-state index in [0.717, 1.165) is 0 Å². The Morgan fingerprint density at radius 3 is 2.69 bits per heavy atom. The number of hydrogen-bond acceptors (Lipinski definition) is 3. The van der Waals surface area contributed by atoms with E-state index in [9.17, 15) is 17.6 Å². The Bertz CT molecular complexity index is 981. The monoisotopic (exact) mass is 362 g/mol. The third-order valence-corrected chi connectivity index (χ3v) is 4.07. The predicted molar refractivity (Wildman–Crippen MR) is 85.4 cm³/mol. The van der Waals surface area contributed by atoms with Crippen LogP contribution in [0.15, 0.2) is 53.7 Å². The standard InChI is InChI=1S/C17H11F4N5/c18-11-6-2-1-5-10(11)9-13-22-14(12-7-3-4-8-26(12)13)15-23-16(25-24-15)17(19,20)21/h1-8,12H,9H2/p+1. The maximum Gasteiger partial charge on any atom is 0.453 e. The summed E-state index contributed by atoms with van der Waals surface area (Å²) in [7, 11) is 0. The Hall–Kier alpha value is -3.10. The summed E-state index contributed by atoms with van der Waals surface area (Å²) in [5, 5.41) is 5.52. The first kappa shape index (κ1) is 16.4. The fourth-order valence-electron chi connectivity index (χ4n) is 2.87. The van der Waals surface area contributed by atoms with E-state index in [4.69, 9.17) is 0 Å².